The Kier molecular flexibility index (Phi) is 6.00. The summed E-state index contributed by atoms with van der Waals surface area (Å²) in [6.45, 7) is 5.26. The molecule has 0 amide bonds. The lowest BCUT2D eigenvalue weighted by Gasteiger charge is -2.14. The molecular formula is C11H18ClN3O2. The number of ether oxygens (including phenoxy) is 2. The molecule has 0 aliphatic rings. The minimum Gasteiger partial charge on any atom is -0.471 e. The molecule has 1 aromatic rings. The summed E-state index contributed by atoms with van der Waals surface area (Å²) in [6, 6.07) is 0. The maximum Gasteiger partial charge on any atom is 0.237 e. The number of anilines is 1. The van der Waals surface area contributed by atoms with E-state index < -0.39 is 0 Å². The van der Waals surface area contributed by atoms with Crippen molar-refractivity contribution >= 4 is 17.5 Å². The first-order chi connectivity index (χ1) is 8.17. The molecule has 0 spiro atoms. The van der Waals surface area contributed by atoms with Crippen LogP contribution in [-0.2, 0) is 4.74 Å². The van der Waals surface area contributed by atoms with Gasteiger partial charge >= 0.3 is 0 Å². The van der Waals surface area contributed by atoms with Crippen LogP contribution in [0.15, 0.2) is 6.20 Å². The zero-order valence-electron chi connectivity index (χ0n) is 10.4. The zero-order valence-corrected chi connectivity index (χ0v) is 11.1. The summed E-state index contributed by atoms with van der Waals surface area (Å²) in [7, 11) is 1.62. The number of rotatable bonds is 7. The number of hydrogen-bond donors (Lipinski definition) is 1. The first-order valence-electron chi connectivity index (χ1n) is 5.59. The van der Waals surface area contributed by atoms with Crippen molar-refractivity contribution in [2.75, 3.05) is 25.6 Å². The van der Waals surface area contributed by atoms with Crippen molar-refractivity contribution in [3.63, 3.8) is 0 Å². The molecule has 0 bridgehead atoms. The fourth-order valence-electron chi connectivity index (χ4n) is 1.22. The minimum absolute atomic E-state index is 0.105. The van der Waals surface area contributed by atoms with Crippen molar-refractivity contribution in [3.8, 4) is 5.88 Å². The van der Waals surface area contributed by atoms with Crippen LogP contribution in [0.3, 0.4) is 0 Å². The Morgan fingerprint density at radius 3 is 2.94 bits per heavy atom. The predicted octanol–water partition coefficient (Wildman–Crippen LogP) is 2.37. The van der Waals surface area contributed by atoms with E-state index in [1.165, 1.54) is 6.20 Å². The molecule has 1 unspecified atom stereocenters. The molecule has 0 aromatic carbocycles. The summed E-state index contributed by atoms with van der Waals surface area (Å²) < 4.78 is 10.5. The normalized spacial score (nSPS) is 12.2. The quantitative estimate of drug-likeness (QED) is 0.815. The Morgan fingerprint density at radius 2 is 2.29 bits per heavy atom. The van der Waals surface area contributed by atoms with Crippen molar-refractivity contribution in [2.24, 2.45) is 0 Å². The van der Waals surface area contributed by atoms with E-state index >= 15 is 0 Å². The highest BCUT2D eigenvalue weighted by Gasteiger charge is 2.10. The number of methoxy groups -OCH3 is 1. The van der Waals surface area contributed by atoms with Crippen LogP contribution in [0.4, 0.5) is 5.95 Å². The van der Waals surface area contributed by atoms with Gasteiger partial charge in [0.05, 0.1) is 12.8 Å². The van der Waals surface area contributed by atoms with E-state index in [-0.39, 0.29) is 6.10 Å². The Balaban J connectivity index is 2.68. The van der Waals surface area contributed by atoms with E-state index in [9.17, 15) is 0 Å². The third-order valence-electron chi connectivity index (χ3n) is 1.96. The summed E-state index contributed by atoms with van der Waals surface area (Å²) in [4.78, 5) is 8.26. The monoisotopic (exact) mass is 259 g/mol. The molecule has 0 saturated heterocycles. The number of aromatic nitrogens is 2. The van der Waals surface area contributed by atoms with Crippen LogP contribution in [0, 0.1) is 0 Å². The molecule has 6 heteroatoms. The maximum atomic E-state index is 5.96. The molecule has 1 N–H and O–H groups in total. The molecule has 17 heavy (non-hydrogen) atoms. The topological polar surface area (TPSA) is 56.3 Å². The van der Waals surface area contributed by atoms with Gasteiger partial charge < -0.3 is 14.8 Å². The second-order valence-corrected chi connectivity index (χ2v) is 4.06. The average molecular weight is 260 g/mol. The van der Waals surface area contributed by atoms with Crippen LogP contribution < -0.4 is 10.1 Å². The lowest BCUT2D eigenvalue weighted by atomic mass is 10.4. The molecule has 5 nitrogen and oxygen atoms in total. The third-order valence-corrected chi connectivity index (χ3v) is 2.22. The zero-order chi connectivity index (χ0) is 12.7. The Hall–Kier alpha value is -1.07. The van der Waals surface area contributed by atoms with E-state index in [4.69, 9.17) is 21.1 Å². The van der Waals surface area contributed by atoms with Crippen molar-refractivity contribution in [1.29, 1.82) is 0 Å². The average Bonchev–Trinajstić information content (AvgIpc) is 2.30. The summed E-state index contributed by atoms with van der Waals surface area (Å²) >= 11 is 5.96. The van der Waals surface area contributed by atoms with Crippen molar-refractivity contribution in [3.05, 3.63) is 11.2 Å². The Bertz CT molecular complexity index is 349. The van der Waals surface area contributed by atoms with E-state index in [1.54, 1.807) is 7.11 Å². The first kappa shape index (κ1) is 14.0. The molecule has 96 valence electrons. The molecule has 1 heterocycles. The molecule has 1 aromatic heterocycles. The molecule has 1 rings (SSSR count). The van der Waals surface area contributed by atoms with Gasteiger partial charge in [-0.15, -0.1) is 0 Å². The van der Waals surface area contributed by atoms with E-state index in [0.29, 0.717) is 23.5 Å². The second-order valence-electron chi connectivity index (χ2n) is 3.66. The maximum absolute atomic E-state index is 5.96. The van der Waals surface area contributed by atoms with Gasteiger partial charge in [0.15, 0.2) is 0 Å². The predicted molar refractivity (Wildman–Crippen MR) is 67.8 cm³/mol. The van der Waals surface area contributed by atoms with Gasteiger partial charge in [0, 0.05) is 13.7 Å². The highest BCUT2D eigenvalue weighted by molar-refractivity contribution is 6.31. The number of hydrogen-bond acceptors (Lipinski definition) is 5. The van der Waals surface area contributed by atoms with Gasteiger partial charge in [0.25, 0.3) is 0 Å². The first-order valence-corrected chi connectivity index (χ1v) is 5.97. The highest BCUT2D eigenvalue weighted by Crippen LogP contribution is 2.22. The number of nitrogens with zero attached hydrogens (tertiary/aromatic N) is 2. The lowest BCUT2D eigenvalue weighted by molar-refractivity contribution is 0.0890. The van der Waals surface area contributed by atoms with Gasteiger partial charge in [-0.1, -0.05) is 18.5 Å². The van der Waals surface area contributed by atoms with E-state index in [2.05, 4.69) is 22.2 Å². The standard InChI is InChI=1S/C11H18ClN3O2/c1-4-5-13-11-14-6-9(12)10(15-11)17-8(2)7-16-3/h6,8H,4-5,7H2,1-3H3,(H,13,14,15). The van der Waals surface area contributed by atoms with Crippen LogP contribution in [0.5, 0.6) is 5.88 Å². The smallest absolute Gasteiger partial charge is 0.237 e. The molecule has 0 fully saturated rings. The van der Waals surface area contributed by atoms with Crippen LogP contribution in [0.25, 0.3) is 0 Å². The van der Waals surface area contributed by atoms with Gasteiger partial charge in [-0.05, 0) is 13.3 Å². The molecule has 0 radical (unpaired) electrons. The Morgan fingerprint density at radius 1 is 1.53 bits per heavy atom. The molecule has 0 aliphatic heterocycles. The molecule has 0 aliphatic carbocycles. The van der Waals surface area contributed by atoms with Gasteiger partial charge in [-0.25, -0.2) is 4.98 Å². The van der Waals surface area contributed by atoms with Crippen LogP contribution in [0.1, 0.15) is 20.3 Å². The van der Waals surface area contributed by atoms with E-state index in [0.717, 1.165) is 13.0 Å². The SMILES string of the molecule is CCCNc1ncc(Cl)c(OC(C)COC)n1. The van der Waals surface area contributed by atoms with E-state index in [1.807, 2.05) is 6.92 Å². The fraction of sp³-hybridized carbons (Fsp3) is 0.636. The summed E-state index contributed by atoms with van der Waals surface area (Å²) in [5, 5.41) is 3.47. The summed E-state index contributed by atoms with van der Waals surface area (Å²) in [5.41, 5.74) is 0. The molecule has 1 atom stereocenters. The third kappa shape index (κ3) is 4.75. The lowest BCUT2D eigenvalue weighted by Crippen LogP contribution is -2.19. The van der Waals surface area contributed by atoms with Gasteiger partial charge in [-0.2, -0.15) is 4.98 Å². The largest absolute Gasteiger partial charge is 0.471 e. The second kappa shape index (κ2) is 7.29. The minimum atomic E-state index is -0.105. The highest BCUT2D eigenvalue weighted by atomic mass is 35.5. The summed E-state index contributed by atoms with van der Waals surface area (Å²) in [6.07, 6.45) is 2.43. The van der Waals surface area contributed by atoms with Gasteiger partial charge in [-0.3, -0.25) is 0 Å². The van der Waals surface area contributed by atoms with Crippen molar-refractivity contribution < 1.29 is 9.47 Å². The van der Waals surface area contributed by atoms with Crippen molar-refractivity contribution in [2.45, 2.75) is 26.4 Å². The Labute approximate surface area is 107 Å². The van der Waals surface area contributed by atoms with Crippen LogP contribution >= 0.6 is 11.6 Å². The fourth-order valence-corrected chi connectivity index (χ4v) is 1.35. The van der Waals surface area contributed by atoms with Gasteiger partial charge in [0.1, 0.15) is 11.1 Å². The molecular weight excluding hydrogens is 242 g/mol. The summed E-state index contributed by atoms with van der Waals surface area (Å²) in [5.74, 6) is 0.903. The number of halogens is 1. The van der Waals surface area contributed by atoms with Gasteiger partial charge in [0.2, 0.25) is 11.8 Å². The van der Waals surface area contributed by atoms with Crippen LogP contribution in [-0.4, -0.2) is 36.3 Å². The van der Waals surface area contributed by atoms with Crippen molar-refractivity contribution in [1.82, 2.24) is 9.97 Å². The van der Waals surface area contributed by atoms with Crippen LogP contribution in [0.2, 0.25) is 5.02 Å². The molecule has 0 saturated carbocycles. The number of nitrogens with one attached hydrogen (secondary N) is 1.